The van der Waals surface area contributed by atoms with Crippen LogP contribution >= 0.6 is 0 Å². The number of amides is 1. The SMILES string of the molecule is COc1cccc(-c2cc(C(=O)NCC(C)C)nc3cc(-c4ccccc4)nn23)c1. The lowest BCUT2D eigenvalue weighted by Gasteiger charge is -2.11. The third-order valence-electron chi connectivity index (χ3n) is 4.77. The maximum atomic E-state index is 12.7. The minimum absolute atomic E-state index is 0.196. The smallest absolute Gasteiger partial charge is 0.270 e. The first-order valence-corrected chi connectivity index (χ1v) is 9.94. The Morgan fingerprint density at radius 2 is 1.80 bits per heavy atom. The molecular formula is C24H24N4O2. The summed E-state index contributed by atoms with van der Waals surface area (Å²) >= 11 is 0. The van der Waals surface area contributed by atoms with Crippen molar-refractivity contribution in [3.8, 4) is 28.3 Å². The van der Waals surface area contributed by atoms with E-state index in [1.807, 2.05) is 60.7 Å². The molecule has 1 amide bonds. The highest BCUT2D eigenvalue weighted by molar-refractivity contribution is 5.94. The van der Waals surface area contributed by atoms with E-state index < -0.39 is 0 Å². The minimum Gasteiger partial charge on any atom is -0.497 e. The standard InChI is InChI=1S/C24H24N4O2/c1-16(2)15-25-24(29)21-13-22(18-10-7-11-19(12-18)30-3)28-23(26-21)14-20(27-28)17-8-5-4-6-9-17/h4-14,16H,15H2,1-3H3,(H,25,29). The van der Waals surface area contributed by atoms with Crippen LogP contribution < -0.4 is 10.1 Å². The van der Waals surface area contributed by atoms with Crippen LogP contribution in [0.3, 0.4) is 0 Å². The van der Waals surface area contributed by atoms with Crippen molar-refractivity contribution in [1.82, 2.24) is 19.9 Å². The zero-order chi connectivity index (χ0) is 21.1. The first-order chi connectivity index (χ1) is 14.5. The highest BCUT2D eigenvalue weighted by Crippen LogP contribution is 2.27. The number of methoxy groups -OCH3 is 1. The van der Waals surface area contributed by atoms with Gasteiger partial charge in [0.15, 0.2) is 5.65 Å². The molecule has 0 aliphatic rings. The van der Waals surface area contributed by atoms with Crippen LogP contribution in [0.1, 0.15) is 24.3 Å². The molecule has 0 unspecified atom stereocenters. The second-order valence-corrected chi connectivity index (χ2v) is 7.53. The number of ether oxygens (including phenoxy) is 1. The van der Waals surface area contributed by atoms with Crippen molar-refractivity contribution >= 4 is 11.6 Å². The Bertz CT molecular complexity index is 1180. The van der Waals surface area contributed by atoms with Gasteiger partial charge in [0.25, 0.3) is 5.91 Å². The number of hydrogen-bond acceptors (Lipinski definition) is 4. The molecule has 0 saturated carbocycles. The fraction of sp³-hybridized carbons (Fsp3) is 0.208. The van der Waals surface area contributed by atoms with Gasteiger partial charge in [-0.3, -0.25) is 4.79 Å². The lowest BCUT2D eigenvalue weighted by Crippen LogP contribution is -2.28. The van der Waals surface area contributed by atoms with Crippen molar-refractivity contribution in [2.75, 3.05) is 13.7 Å². The van der Waals surface area contributed by atoms with E-state index in [1.165, 1.54) is 0 Å². The molecular weight excluding hydrogens is 376 g/mol. The first-order valence-electron chi connectivity index (χ1n) is 9.94. The summed E-state index contributed by atoms with van der Waals surface area (Å²) < 4.78 is 7.16. The number of nitrogens with zero attached hydrogens (tertiary/aromatic N) is 3. The summed E-state index contributed by atoms with van der Waals surface area (Å²) in [5.41, 5.74) is 4.43. The van der Waals surface area contributed by atoms with Crippen LogP contribution in [0, 0.1) is 5.92 Å². The number of fused-ring (bicyclic) bond motifs is 1. The van der Waals surface area contributed by atoms with Crippen LogP contribution in [0.2, 0.25) is 0 Å². The van der Waals surface area contributed by atoms with Gasteiger partial charge in [0.2, 0.25) is 0 Å². The molecule has 0 bridgehead atoms. The average molecular weight is 400 g/mol. The second kappa shape index (κ2) is 8.37. The van der Waals surface area contributed by atoms with E-state index >= 15 is 0 Å². The van der Waals surface area contributed by atoms with Crippen molar-refractivity contribution in [3.63, 3.8) is 0 Å². The minimum atomic E-state index is -0.196. The summed E-state index contributed by atoms with van der Waals surface area (Å²) in [5.74, 6) is 0.895. The van der Waals surface area contributed by atoms with Gasteiger partial charge in [-0.2, -0.15) is 5.10 Å². The van der Waals surface area contributed by atoms with E-state index in [0.29, 0.717) is 23.8 Å². The van der Waals surface area contributed by atoms with Gasteiger partial charge in [0.1, 0.15) is 11.4 Å². The molecule has 6 nitrogen and oxygen atoms in total. The van der Waals surface area contributed by atoms with Crippen LogP contribution in [-0.2, 0) is 0 Å². The normalized spacial score (nSPS) is 11.1. The lowest BCUT2D eigenvalue weighted by molar-refractivity contribution is 0.0944. The maximum absolute atomic E-state index is 12.7. The molecule has 1 N–H and O–H groups in total. The highest BCUT2D eigenvalue weighted by Gasteiger charge is 2.16. The van der Waals surface area contributed by atoms with Crippen molar-refractivity contribution in [2.24, 2.45) is 5.92 Å². The van der Waals surface area contributed by atoms with Gasteiger partial charge in [-0.05, 0) is 24.1 Å². The predicted octanol–water partition coefficient (Wildman–Crippen LogP) is 4.46. The third kappa shape index (κ3) is 4.03. The summed E-state index contributed by atoms with van der Waals surface area (Å²) in [5, 5.41) is 7.72. The maximum Gasteiger partial charge on any atom is 0.270 e. The average Bonchev–Trinajstić information content (AvgIpc) is 3.21. The molecule has 6 heteroatoms. The Morgan fingerprint density at radius 1 is 1.03 bits per heavy atom. The molecule has 0 aliphatic heterocycles. The summed E-state index contributed by atoms with van der Waals surface area (Å²) in [6.45, 7) is 4.71. The quantitative estimate of drug-likeness (QED) is 0.519. The van der Waals surface area contributed by atoms with Crippen molar-refractivity contribution < 1.29 is 9.53 Å². The van der Waals surface area contributed by atoms with Crippen molar-refractivity contribution in [2.45, 2.75) is 13.8 Å². The van der Waals surface area contributed by atoms with Crippen LogP contribution in [-0.4, -0.2) is 34.2 Å². The van der Waals surface area contributed by atoms with Crippen LogP contribution in [0.5, 0.6) is 5.75 Å². The highest BCUT2D eigenvalue weighted by atomic mass is 16.5. The van der Waals surface area contributed by atoms with E-state index in [0.717, 1.165) is 28.3 Å². The van der Waals surface area contributed by atoms with Gasteiger partial charge in [0.05, 0.1) is 18.5 Å². The molecule has 0 saturated heterocycles. The second-order valence-electron chi connectivity index (χ2n) is 7.53. The molecule has 4 aromatic rings. The molecule has 2 heterocycles. The first kappa shape index (κ1) is 19.6. The van der Waals surface area contributed by atoms with Crippen LogP contribution in [0.15, 0.2) is 66.7 Å². The largest absolute Gasteiger partial charge is 0.497 e. The zero-order valence-corrected chi connectivity index (χ0v) is 17.3. The molecule has 0 atom stereocenters. The summed E-state index contributed by atoms with van der Waals surface area (Å²) in [4.78, 5) is 17.3. The fourth-order valence-corrected chi connectivity index (χ4v) is 3.22. The van der Waals surface area contributed by atoms with E-state index in [4.69, 9.17) is 9.84 Å². The predicted molar refractivity (Wildman–Crippen MR) is 118 cm³/mol. The Morgan fingerprint density at radius 3 is 2.53 bits per heavy atom. The molecule has 2 aromatic heterocycles. The van der Waals surface area contributed by atoms with Gasteiger partial charge < -0.3 is 10.1 Å². The number of hydrogen-bond donors (Lipinski definition) is 1. The Balaban J connectivity index is 1.87. The molecule has 0 aliphatic carbocycles. The molecule has 0 radical (unpaired) electrons. The van der Waals surface area contributed by atoms with Crippen molar-refractivity contribution in [1.29, 1.82) is 0 Å². The van der Waals surface area contributed by atoms with Gasteiger partial charge in [-0.25, -0.2) is 9.50 Å². The molecule has 30 heavy (non-hydrogen) atoms. The van der Waals surface area contributed by atoms with Gasteiger partial charge >= 0.3 is 0 Å². The number of aromatic nitrogens is 3. The third-order valence-corrected chi connectivity index (χ3v) is 4.77. The Kier molecular flexibility index (Phi) is 5.48. The topological polar surface area (TPSA) is 68.5 Å². The summed E-state index contributed by atoms with van der Waals surface area (Å²) in [7, 11) is 1.63. The summed E-state index contributed by atoms with van der Waals surface area (Å²) in [6.07, 6.45) is 0. The molecule has 0 spiro atoms. The molecule has 4 rings (SSSR count). The monoisotopic (exact) mass is 400 g/mol. The van der Waals surface area contributed by atoms with Gasteiger partial charge in [-0.1, -0.05) is 56.3 Å². The van der Waals surface area contributed by atoms with Gasteiger partial charge in [0, 0.05) is 23.7 Å². The van der Waals surface area contributed by atoms with E-state index in [-0.39, 0.29) is 5.91 Å². The van der Waals surface area contributed by atoms with Gasteiger partial charge in [-0.15, -0.1) is 0 Å². The van der Waals surface area contributed by atoms with E-state index in [2.05, 4.69) is 24.1 Å². The fourth-order valence-electron chi connectivity index (χ4n) is 3.22. The number of benzene rings is 2. The number of carbonyl (C=O) groups excluding carboxylic acids is 1. The van der Waals surface area contributed by atoms with E-state index in [1.54, 1.807) is 17.7 Å². The number of carbonyl (C=O) groups is 1. The van der Waals surface area contributed by atoms with Crippen LogP contribution in [0.4, 0.5) is 0 Å². The lowest BCUT2D eigenvalue weighted by atomic mass is 10.1. The Labute approximate surface area is 175 Å². The molecule has 152 valence electrons. The summed E-state index contributed by atoms with van der Waals surface area (Å²) in [6, 6.07) is 21.3. The Hall–Kier alpha value is -3.67. The number of nitrogens with one attached hydrogen (secondary N) is 1. The van der Waals surface area contributed by atoms with Crippen LogP contribution in [0.25, 0.3) is 28.2 Å². The number of rotatable bonds is 6. The van der Waals surface area contributed by atoms with E-state index in [9.17, 15) is 4.79 Å². The zero-order valence-electron chi connectivity index (χ0n) is 17.3. The molecule has 2 aromatic carbocycles. The molecule has 0 fully saturated rings. The van der Waals surface area contributed by atoms with Crippen molar-refractivity contribution in [3.05, 3.63) is 72.4 Å².